The van der Waals surface area contributed by atoms with Crippen LogP contribution in [0.4, 0.5) is 4.39 Å². The monoisotopic (exact) mass is 393 g/mol. The summed E-state index contributed by atoms with van der Waals surface area (Å²) in [5.74, 6) is 1.01. The first-order valence-corrected chi connectivity index (χ1v) is 9.84. The summed E-state index contributed by atoms with van der Waals surface area (Å²) in [6, 6.07) is 18.6. The molecule has 1 aliphatic carbocycles. The maximum absolute atomic E-state index is 13.6. The second-order valence-electron chi connectivity index (χ2n) is 7.41. The molecule has 1 fully saturated rings. The van der Waals surface area contributed by atoms with Gasteiger partial charge >= 0.3 is 0 Å². The number of rotatable bonds is 8. The Labute approximate surface area is 169 Å². The number of pyridine rings is 1. The van der Waals surface area contributed by atoms with Gasteiger partial charge in [-0.2, -0.15) is 0 Å². The van der Waals surface area contributed by atoms with Crippen molar-refractivity contribution < 1.29 is 13.9 Å². The number of nitrogens with zero attached hydrogens (tertiary/aromatic N) is 1. The molecule has 4 rings (SSSR count). The van der Waals surface area contributed by atoms with Crippen LogP contribution in [0.25, 0.3) is 0 Å². The lowest BCUT2D eigenvalue weighted by Gasteiger charge is -2.30. The Morgan fingerprint density at radius 2 is 1.69 bits per heavy atom. The van der Waals surface area contributed by atoms with E-state index in [0.29, 0.717) is 12.5 Å². The summed E-state index contributed by atoms with van der Waals surface area (Å²) in [6.07, 6.45) is 3.70. The molecule has 5 heteroatoms. The Morgan fingerprint density at radius 3 is 2.31 bits per heavy atom. The molecule has 4 nitrogen and oxygen atoms in total. The molecule has 150 valence electrons. The molecule has 1 saturated carbocycles. The summed E-state index contributed by atoms with van der Waals surface area (Å²) in [7, 11) is 1.63. The summed E-state index contributed by atoms with van der Waals surface area (Å²) in [5.41, 5.74) is 1.63. The number of hydrogen-bond acceptors (Lipinski definition) is 3. The number of ether oxygens (including phenoxy) is 2. The fourth-order valence-corrected chi connectivity index (χ4v) is 3.50. The van der Waals surface area contributed by atoms with Crippen molar-refractivity contribution in [3.63, 3.8) is 0 Å². The summed E-state index contributed by atoms with van der Waals surface area (Å²) < 4.78 is 26.9. The van der Waals surface area contributed by atoms with E-state index in [1.807, 2.05) is 30.3 Å². The SMILES string of the molecule is COc1ccc(C(OCC2CC2)[C@@H](c2ccc(F)cc2)n2ccccc2=O)cc1. The number of aromatic nitrogens is 1. The van der Waals surface area contributed by atoms with E-state index in [2.05, 4.69) is 0 Å². The quantitative estimate of drug-likeness (QED) is 0.554. The minimum absolute atomic E-state index is 0.129. The first kappa shape index (κ1) is 19.4. The topological polar surface area (TPSA) is 40.5 Å². The highest BCUT2D eigenvalue weighted by atomic mass is 19.1. The number of methoxy groups -OCH3 is 1. The van der Waals surface area contributed by atoms with Crippen molar-refractivity contribution in [1.29, 1.82) is 0 Å². The lowest BCUT2D eigenvalue weighted by atomic mass is 9.94. The molecule has 2 aromatic carbocycles. The Balaban J connectivity index is 1.80. The van der Waals surface area contributed by atoms with Crippen LogP contribution in [0.1, 0.15) is 36.1 Å². The molecule has 1 aromatic heterocycles. The lowest BCUT2D eigenvalue weighted by Crippen LogP contribution is -2.30. The Kier molecular flexibility index (Phi) is 5.76. The zero-order valence-electron chi connectivity index (χ0n) is 16.3. The Morgan fingerprint density at radius 1 is 1.00 bits per heavy atom. The molecule has 0 amide bonds. The summed E-state index contributed by atoms with van der Waals surface area (Å²) in [6.45, 7) is 0.635. The predicted molar refractivity (Wildman–Crippen MR) is 110 cm³/mol. The molecule has 1 heterocycles. The van der Waals surface area contributed by atoms with Crippen molar-refractivity contribution in [3.8, 4) is 5.75 Å². The van der Waals surface area contributed by atoms with E-state index < -0.39 is 12.1 Å². The lowest BCUT2D eigenvalue weighted by molar-refractivity contribution is 0.0182. The Hall–Kier alpha value is -2.92. The zero-order valence-corrected chi connectivity index (χ0v) is 16.3. The van der Waals surface area contributed by atoms with Gasteiger partial charge in [0, 0.05) is 12.3 Å². The van der Waals surface area contributed by atoms with Gasteiger partial charge in [0.05, 0.1) is 19.8 Å². The predicted octanol–water partition coefficient (Wildman–Crippen LogP) is 4.75. The number of halogens is 1. The molecular weight excluding hydrogens is 369 g/mol. The van der Waals surface area contributed by atoms with Crippen LogP contribution in [0.5, 0.6) is 5.75 Å². The van der Waals surface area contributed by atoms with Gasteiger partial charge in [0.2, 0.25) is 0 Å². The van der Waals surface area contributed by atoms with Crippen LogP contribution in [-0.4, -0.2) is 18.3 Å². The molecule has 29 heavy (non-hydrogen) atoms. The molecule has 0 spiro atoms. The molecular formula is C24H24FNO3. The van der Waals surface area contributed by atoms with Crippen molar-refractivity contribution >= 4 is 0 Å². The van der Waals surface area contributed by atoms with E-state index >= 15 is 0 Å². The molecule has 1 aliphatic rings. The van der Waals surface area contributed by atoms with E-state index in [0.717, 1.165) is 16.9 Å². The fourth-order valence-electron chi connectivity index (χ4n) is 3.50. The van der Waals surface area contributed by atoms with Gasteiger partial charge in [0.25, 0.3) is 5.56 Å². The maximum Gasteiger partial charge on any atom is 0.251 e. The van der Waals surface area contributed by atoms with Crippen molar-refractivity contribution in [2.75, 3.05) is 13.7 Å². The third-order valence-corrected chi connectivity index (χ3v) is 5.30. The van der Waals surface area contributed by atoms with Gasteiger partial charge in [-0.25, -0.2) is 4.39 Å². The average molecular weight is 393 g/mol. The molecule has 2 atom stereocenters. The van der Waals surface area contributed by atoms with Gasteiger partial charge in [-0.1, -0.05) is 30.3 Å². The Bertz CT molecular complexity index is 994. The van der Waals surface area contributed by atoms with E-state index in [1.54, 1.807) is 36.1 Å². The van der Waals surface area contributed by atoms with E-state index in [1.165, 1.54) is 31.0 Å². The summed E-state index contributed by atoms with van der Waals surface area (Å²) in [4.78, 5) is 12.7. The second-order valence-corrected chi connectivity index (χ2v) is 7.41. The van der Waals surface area contributed by atoms with Crippen LogP contribution < -0.4 is 10.3 Å². The number of hydrogen-bond donors (Lipinski definition) is 0. The maximum atomic E-state index is 13.6. The van der Waals surface area contributed by atoms with Crippen molar-refractivity contribution in [1.82, 2.24) is 4.57 Å². The summed E-state index contributed by atoms with van der Waals surface area (Å²) in [5, 5.41) is 0. The van der Waals surface area contributed by atoms with Crippen LogP contribution in [0.2, 0.25) is 0 Å². The number of benzene rings is 2. The molecule has 1 unspecified atom stereocenters. The van der Waals surface area contributed by atoms with E-state index in [-0.39, 0.29) is 11.4 Å². The van der Waals surface area contributed by atoms with E-state index in [9.17, 15) is 9.18 Å². The van der Waals surface area contributed by atoms with Gasteiger partial charge in [0.1, 0.15) is 17.7 Å². The van der Waals surface area contributed by atoms with Crippen LogP contribution in [0.15, 0.2) is 77.7 Å². The smallest absolute Gasteiger partial charge is 0.251 e. The normalized spacial score (nSPS) is 15.7. The molecule has 0 bridgehead atoms. The first-order valence-electron chi connectivity index (χ1n) is 9.84. The standard InChI is InChI=1S/C24H24FNO3/c1-28-21-13-9-19(10-14-21)24(29-16-17-5-6-17)23(18-7-11-20(25)12-8-18)26-15-3-2-4-22(26)27/h2-4,7-15,17,23-24H,5-6,16H2,1H3/t23-,24?/m1/s1. The first-order chi connectivity index (χ1) is 14.2. The molecule has 0 N–H and O–H groups in total. The van der Waals surface area contributed by atoms with Crippen molar-refractivity contribution in [2.45, 2.75) is 25.0 Å². The second kappa shape index (κ2) is 8.62. The van der Waals surface area contributed by atoms with Gasteiger partial charge in [-0.05, 0) is 60.2 Å². The molecule has 0 radical (unpaired) electrons. The van der Waals surface area contributed by atoms with Gasteiger partial charge in [0.15, 0.2) is 0 Å². The van der Waals surface area contributed by atoms with Crippen LogP contribution in [-0.2, 0) is 4.74 Å². The average Bonchev–Trinajstić information content (AvgIpc) is 3.58. The highest BCUT2D eigenvalue weighted by molar-refractivity contribution is 5.32. The van der Waals surface area contributed by atoms with Crippen molar-refractivity contribution in [3.05, 3.63) is 100 Å². The largest absolute Gasteiger partial charge is 0.497 e. The van der Waals surface area contributed by atoms with Gasteiger partial charge < -0.3 is 14.0 Å². The molecule has 0 aliphatic heterocycles. The third-order valence-electron chi connectivity index (χ3n) is 5.30. The van der Waals surface area contributed by atoms with E-state index in [4.69, 9.17) is 9.47 Å². The highest BCUT2D eigenvalue weighted by Crippen LogP contribution is 2.38. The minimum atomic E-state index is -0.420. The van der Waals surface area contributed by atoms with Crippen LogP contribution in [0, 0.1) is 11.7 Å². The van der Waals surface area contributed by atoms with Crippen LogP contribution in [0.3, 0.4) is 0 Å². The fraction of sp³-hybridized carbons (Fsp3) is 0.292. The molecule has 3 aromatic rings. The van der Waals surface area contributed by atoms with Gasteiger partial charge in [-0.15, -0.1) is 0 Å². The van der Waals surface area contributed by atoms with Gasteiger partial charge in [-0.3, -0.25) is 4.79 Å². The van der Waals surface area contributed by atoms with Crippen molar-refractivity contribution in [2.24, 2.45) is 5.92 Å². The minimum Gasteiger partial charge on any atom is -0.497 e. The molecule has 0 saturated heterocycles. The summed E-state index contributed by atoms with van der Waals surface area (Å²) >= 11 is 0. The van der Waals surface area contributed by atoms with Crippen LogP contribution >= 0.6 is 0 Å². The third kappa shape index (κ3) is 4.57. The zero-order chi connectivity index (χ0) is 20.2. The highest BCUT2D eigenvalue weighted by Gasteiger charge is 2.31.